The third-order valence-corrected chi connectivity index (χ3v) is 3.44. The third kappa shape index (κ3) is 3.00. The Bertz CT molecular complexity index is 649. The summed E-state index contributed by atoms with van der Waals surface area (Å²) >= 11 is 0. The molecule has 1 heterocycles. The number of amides is 1. The predicted molar refractivity (Wildman–Crippen MR) is 79.0 cm³/mol. The number of aromatic nitrogens is 1. The molecule has 1 aromatic carbocycles. The van der Waals surface area contributed by atoms with E-state index in [0.29, 0.717) is 19.4 Å². The lowest BCUT2D eigenvalue weighted by molar-refractivity contribution is -0.129. The Labute approximate surface area is 118 Å². The molecular formula is C16H19N3O. The molecule has 0 fully saturated rings. The Morgan fingerprint density at radius 2 is 2.15 bits per heavy atom. The number of para-hydroxylation sites is 1. The predicted octanol–water partition coefficient (Wildman–Crippen LogP) is 2.77. The number of carbonyl (C=O) groups excluding carboxylic acids is 1. The molecule has 2 aromatic rings. The van der Waals surface area contributed by atoms with Gasteiger partial charge in [0.15, 0.2) is 0 Å². The second kappa shape index (κ2) is 5.79. The fourth-order valence-electron chi connectivity index (χ4n) is 2.31. The van der Waals surface area contributed by atoms with Crippen LogP contribution in [0.4, 0.5) is 0 Å². The second-order valence-corrected chi connectivity index (χ2v) is 5.58. The molecule has 2 N–H and O–H groups in total. The number of nitrogens with one attached hydrogen (secondary N) is 2. The first-order valence-electron chi connectivity index (χ1n) is 6.75. The number of H-pyrrole nitrogens is 1. The fraction of sp³-hybridized carbons (Fsp3) is 0.375. The molecule has 104 valence electrons. The Hall–Kier alpha value is -2.28. The SMILES string of the molecule is CC(C)(Cc1c[nH]c2ccccc12)C(=O)NCCC#N. The van der Waals surface area contributed by atoms with Gasteiger partial charge in [-0.2, -0.15) is 5.26 Å². The summed E-state index contributed by atoms with van der Waals surface area (Å²) < 4.78 is 0. The van der Waals surface area contributed by atoms with Crippen molar-refractivity contribution in [1.29, 1.82) is 5.26 Å². The maximum Gasteiger partial charge on any atom is 0.226 e. The minimum absolute atomic E-state index is 0.0157. The summed E-state index contributed by atoms with van der Waals surface area (Å²) in [6, 6.07) is 10.1. The summed E-state index contributed by atoms with van der Waals surface area (Å²) in [5.74, 6) is -0.0157. The minimum Gasteiger partial charge on any atom is -0.361 e. The van der Waals surface area contributed by atoms with Crippen molar-refractivity contribution < 1.29 is 4.79 Å². The first-order chi connectivity index (χ1) is 9.54. The smallest absolute Gasteiger partial charge is 0.226 e. The summed E-state index contributed by atoms with van der Waals surface area (Å²) in [4.78, 5) is 15.4. The molecule has 4 nitrogen and oxygen atoms in total. The molecule has 0 aliphatic rings. The Balaban J connectivity index is 2.11. The van der Waals surface area contributed by atoms with Gasteiger partial charge < -0.3 is 10.3 Å². The van der Waals surface area contributed by atoms with Gasteiger partial charge in [0.1, 0.15) is 0 Å². The van der Waals surface area contributed by atoms with Gasteiger partial charge in [0, 0.05) is 29.1 Å². The van der Waals surface area contributed by atoms with Crippen molar-refractivity contribution in [1.82, 2.24) is 10.3 Å². The van der Waals surface area contributed by atoms with Crippen LogP contribution < -0.4 is 5.32 Å². The minimum atomic E-state index is -0.500. The number of fused-ring (bicyclic) bond motifs is 1. The molecule has 2 rings (SSSR count). The zero-order chi connectivity index (χ0) is 14.6. The van der Waals surface area contributed by atoms with Crippen molar-refractivity contribution in [2.75, 3.05) is 6.54 Å². The highest BCUT2D eigenvalue weighted by atomic mass is 16.2. The van der Waals surface area contributed by atoms with Crippen molar-refractivity contribution in [3.8, 4) is 6.07 Å². The standard InChI is InChI=1S/C16H19N3O/c1-16(2,15(20)18-9-5-8-17)10-12-11-19-14-7-4-3-6-13(12)14/h3-4,6-7,11,19H,5,9-10H2,1-2H3,(H,18,20). The summed E-state index contributed by atoms with van der Waals surface area (Å²) in [7, 11) is 0. The normalized spacial score (nSPS) is 11.2. The number of hydrogen-bond acceptors (Lipinski definition) is 2. The maximum absolute atomic E-state index is 12.2. The van der Waals surface area contributed by atoms with Crippen LogP contribution in [-0.2, 0) is 11.2 Å². The Kier molecular flexibility index (Phi) is 4.09. The van der Waals surface area contributed by atoms with E-state index in [2.05, 4.69) is 16.4 Å². The van der Waals surface area contributed by atoms with E-state index >= 15 is 0 Å². The highest BCUT2D eigenvalue weighted by molar-refractivity contribution is 5.86. The van der Waals surface area contributed by atoms with Gasteiger partial charge in [-0.05, 0) is 18.1 Å². The van der Waals surface area contributed by atoms with Crippen LogP contribution in [0.15, 0.2) is 30.5 Å². The highest BCUT2D eigenvalue weighted by Crippen LogP contribution is 2.27. The average Bonchev–Trinajstić information content (AvgIpc) is 2.82. The molecule has 0 spiro atoms. The van der Waals surface area contributed by atoms with Crippen molar-refractivity contribution in [2.45, 2.75) is 26.7 Å². The lowest BCUT2D eigenvalue weighted by Gasteiger charge is -2.23. The van der Waals surface area contributed by atoms with Crippen molar-refractivity contribution in [3.63, 3.8) is 0 Å². The Morgan fingerprint density at radius 1 is 1.40 bits per heavy atom. The number of nitrogens with zero attached hydrogens (tertiary/aromatic N) is 1. The van der Waals surface area contributed by atoms with Crippen LogP contribution in [0.3, 0.4) is 0 Å². The van der Waals surface area contributed by atoms with E-state index in [4.69, 9.17) is 5.26 Å². The van der Waals surface area contributed by atoms with Gasteiger partial charge in [0.25, 0.3) is 0 Å². The van der Waals surface area contributed by atoms with E-state index in [1.54, 1.807) is 0 Å². The van der Waals surface area contributed by atoms with E-state index in [1.165, 1.54) is 0 Å². The van der Waals surface area contributed by atoms with Gasteiger partial charge in [0.2, 0.25) is 5.91 Å². The first kappa shape index (κ1) is 14.1. The topological polar surface area (TPSA) is 68.7 Å². The molecule has 0 radical (unpaired) electrons. The van der Waals surface area contributed by atoms with E-state index in [1.807, 2.05) is 44.3 Å². The molecule has 0 aliphatic carbocycles. The van der Waals surface area contributed by atoms with Gasteiger partial charge in [0.05, 0.1) is 12.5 Å². The molecular weight excluding hydrogens is 250 g/mol. The number of nitriles is 1. The molecule has 0 atom stereocenters. The second-order valence-electron chi connectivity index (χ2n) is 5.58. The third-order valence-electron chi connectivity index (χ3n) is 3.44. The summed E-state index contributed by atoms with van der Waals surface area (Å²) in [6.07, 6.45) is 2.97. The monoisotopic (exact) mass is 269 g/mol. The van der Waals surface area contributed by atoms with E-state index in [0.717, 1.165) is 16.5 Å². The number of hydrogen-bond donors (Lipinski definition) is 2. The number of aromatic amines is 1. The number of carbonyl (C=O) groups is 1. The molecule has 0 bridgehead atoms. The van der Waals surface area contributed by atoms with Gasteiger partial charge in [-0.1, -0.05) is 32.0 Å². The maximum atomic E-state index is 12.2. The van der Waals surface area contributed by atoms with Gasteiger partial charge in [-0.25, -0.2) is 0 Å². The molecule has 0 saturated carbocycles. The van der Waals surface area contributed by atoms with Gasteiger partial charge >= 0.3 is 0 Å². The van der Waals surface area contributed by atoms with Crippen molar-refractivity contribution in [3.05, 3.63) is 36.0 Å². The summed E-state index contributed by atoms with van der Waals surface area (Å²) in [6.45, 7) is 4.26. The van der Waals surface area contributed by atoms with Crippen LogP contribution in [0.25, 0.3) is 10.9 Å². The van der Waals surface area contributed by atoms with Crippen LogP contribution in [-0.4, -0.2) is 17.4 Å². The molecule has 1 aromatic heterocycles. The fourth-order valence-corrected chi connectivity index (χ4v) is 2.31. The zero-order valence-electron chi connectivity index (χ0n) is 11.9. The van der Waals surface area contributed by atoms with Crippen LogP contribution >= 0.6 is 0 Å². The Morgan fingerprint density at radius 3 is 2.90 bits per heavy atom. The number of rotatable bonds is 5. The summed E-state index contributed by atoms with van der Waals surface area (Å²) in [5, 5.41) is 12.5. The van der Waals surface area contributed by atoms with Crippen molar-refractivity contribution >= 4 is 16.8 Å². The molecule has 0 unspecified atom stereocenters. The zero-order valence-corrected chi connectivity index (χ0v) is 11.9. The quantitative estimate of drug-likeness (QED) is 0.819. The van der Waals surface area contributed by atoms with Crippen LogP contribution in [0.5, 0.6) is 0 Å². The molecule has 1 amide bonds. The number of benzene rings is 1. The van der Waals surface area contributed by atoms with Crippen molar-refractivity contribution in [2.24, 2.45) is 5.41 Å². The lowest BCUT2D eigenvalue weighted by Crippen LogP contribution is -2.38. The average molecular weight is 269 g/mol. The van der Waals surface area contributed by atoms with Crippen LogP contribution in [0, 0.1) is 16.7 Å². The molecule has 4 heteroatoms. The highest BCUT2D eigenvalue weighted by Gasteiger charge is 2.28. The van der Waals surface area contributed by atoms with E-state index < -0.39 is 5.41 Å². The molecule has 0 saturated heterocycles. The van der Waals surface area contributed by atoms with E-state index in [-0.39, 0.29) is 5.91 Å². The largest absolute Gasteiger partial charge is 0.361 e. The van der Waals surface area contributed by atoms with Crippen LogP contribution in [0.1, 0.15) is 25.8 Å². The molecule has 20 heavy (non-hydrogen) atoms. The lowest BCUT2D eigenvalue weighted by atomic mass is 9.84. The van der Waals surface area contributed by atoms with E-state index in [9.17, 15) is 4.79 Å². The van der Waals surface area contributed by atoms with Gasteiger partial charge in [-0.15, -0.1) is 0 Å². The molecule has 0 aliphatic heterocycles. The van der Waals surface area contributed by atoms with Gasteiger partial charge in [-0.3, -0.25) is 4.79 Å². The first-order valence-corrected chi connectivity index (χ1v) is 6.75. The van der Waals surface area contributed by atoms with Crippen LogP contribution in [0.2, 0.25) is 0 Å². The summed E-state index contributed by atoms with van der Waals surface area (Å²) in [5.41, 5.74) is 1.73.